The van der Waals surface area contributed by atoms with Gasteiger partial charge in [-0.3, -0.25) is 5.10 Å². The standard InChI is InChI=1S/C21H21N5/c22-13-17-8-9-23-20(12-17)26-10-4-7-18(15-26)21-19(14-24-25-21)11-16-5-2-1-3-6-16/h1-3,5-6,8-9,12,14,18H,4,7,10-11,15H2,(H,24,25)/t18-/m1/s1. The monoisotopic (exact) mass is 343 g/mol. The summed E-state index contributed by atoms with van der Waals surface area (Å²) in [5.74, 6) is 1.29. The Morgan fingerprint density at radius 2 is 2.12 bits per heavy atom. The number of hydrogen-bond acceptors (Lipinski definition) is 4. The number of piperidine rings is 1. The topological polar surface area (TPSA) is 68.6 Å². The summed E-state index contributed by atoms with van der Waals surface area (Å²) in [4.78, 5) is 6.75. The first-order chi connectivity index (χ1) is 12.8. The molecule has 5 heteroatoms. The molecule has 3 heterocycles. The zero-order valence-corrected chi connectivity index (χ0v) is 14.6. The predicted molar refractivity (Wildman–Crippen MR) is 101 cm³/mol. The van der Waals surface area contributed by atoms with Crippen molar-refractivity contribution in [2.45, 2.75) is 25.2 Å². The van der Waals surface area contributed by atoms with E-state index in [0.717, 1.165) is 38.2 Å². The second-order valence-electron chi connectivity index (χ2n) is 6.77. The molecule has 4 rings (SSSR count). The van der Waals surface area contributed by atoms with E-state index in [1.807, 2.05) is 18.3 Å². The van der Waals surface area contributed by atoms with E-state index in [1.54, 1.807) is 12.3 Å². The maximum Gasteiger partial charge on any atom is 0.129 e. The zero-order valence-electron chi connectivity index (χ0n) is 14.6. The van der Waals surface area contributed by atoms with Crippen LogP contribution in [0.4, 0.5) is 5.82 Å². The number of nitrogens with one attached hydrogen (secondary N) is 1. The van der Waals surface area contributed by atoms with E-state index in [-0.39, 0.29) is 0 Å². The molecule has 1 aliphatic rings. The largest absolute Gasteiger partial charge is 0.356 e. The Labute approximate surface area is 153 Å². The van der Waals surface area contributed by atoms with Crippen LogP contribution in [-0.4, -0.2) is 28.3 Å². The summed E-state index contributed by atoms with van der Waals surface area (Å²) in [6.45, 7) is 1.87. The fourth-order valence-corrected chi connectivity index (χ4v) is 3.71. The number of hydrogen-bond donors (Lipinski definition) is 1. The normalized spacial score (nSPS) is 17.0. The van der Waals surface area contributed by atoms with Gasteiger partial charge in [-0.25, -0.2) is 4.98 Å². The van der Waals surface area contributed by atoms with E-state index >= 15 is 0 Å². The average molecular weight is 343 g/mol. The third kappa shape index (κ3) is 3.45. The van der Waals surface area contributed by atoms with Gasteiger partial charge in [-0.15, -0.1) is 0 Å². The average Bonchev–Trinajstić information content (AvgIpc) is 3.17. The number of anilines is 1. The minimum atomic E-state index is 0.400. The van der Waals surface area contributed by atoms with Crippen molar-refractivity contribution in [3.63, 3.8) is 0 Å². The molecule has 0 saturated carbocycles. The summed E-state index contributed by atoms with van der Waals surface area (Å²) >= 11 is 0. The molecule has 0 aliphatic carbocycles. The third-order valence-corrected chi connectivity index (χ3v) is 5.02. The summed E-state index contributed by atoms with van der Waals surface area (Å²) in [5.41, 5.74) is 4.45. The molecule has 1 fully saturated rings. The fourth-order valence-electron chi connectivity index (χ4n) is 3.71. The zero-order chi connectivity index (χ0) is 17.8. The molecule has 26 heavy (non-hydrogen) atoms. The second kappa shape index (κ2) is 7.40. The smallest absolute Gasteiger partial charge is 0.129 e. The number of aromatic nitrogens is 3. The van der Waals surface area contributed by atoms with Gasteiger partial charge in [-0.05, 0) is 36.1 Å². The molecule has 1 aromatic carbocycles. The second-order valence-corrected chi connectivity index (χ2v) is 6.77. The fraction of sp³-hybridized carbons (Fsp3) is 0.286. The predicted octanol–water partition coefficient (Wildman–Crippen LogP) is 3.65. The maximum absolute atomic E-state index is 9.13. The summed E-state index contributed by atoms with van der Waals surface area (Å²) in [6, 6.07) is 16.3. The van der Waals surface area contributed by atoms with Gasteiger partial charge in [-0.2, -0.15) is 10.4 Å². The Balaban J connectivity index is 1.53. The van der Waals surface area contributed by atoms with Crippen molar-refractivity contribution in [2.24, 2.45) is 0 Å². The van der Waals surface area contributed by atoms with Gasteiger partial charge in [0.2, 0.25) is 0 Å². The number of benzene rings is 1. The van der Waals surface area contributed by atoms with Gasteiger partial charge < -0.3 is 4.90 Å². The third-order valence-electron chi connectivity index (χ3n) is 5.02. The van der Waals surface area contributed by atoms with Gasteiger partial charge >= 0.3 is 0 Å². The quantitative estimate of drug-likeness (QED) is 0.785. The van der Waals surface area contributed by atoms with Gasteiger partial charge in [0.05, 0.1) is 17.8 Å². The maximum atomic E-state index is 9.13. The minimum Gasteiger partial charge on any atom is -0.356 e. The highest BCUT2D eigenvalue weighted by Gasteiger charge is 2.25. The lowest BCUT2D eigenvalue weighted by molar-refractivity contribution is 0.496. The van der Waals surface area contributed by atoms with Crippen LogP contribution in [0.5, 0.6) is 0 Å². The number of nitrogens with zero attached hydrogens (tertiary/aromatic N) is 4. The molecule has 0 bridgehead atoms. The summed E-state index contributed by atoms with van der Waals surface area (Å²) in [5, 5.41) is 16.7. The van der Waals surface area contributed by atoms with Crippen molar-refractivity contribution < 1.29 is 0 Å². The van der Waals surface area contributed by atoms with Crippen molar-refractivity contribution in [2.75, 3.05) is 18.0 Å². The van der Waals surface area contributed by atoms with Crippen molar-refractivity contribution in [1.29, 1.82) is 5.26 Å². The Morgan fingerprint density at radius 1 is 1.23 bits per heavy atom. The summed E-state index contributed by atoms with van der Waals surface area (Å²) in [6.07, 6.45) is 6.81. The highest BCUT2D eigenvalue weighted by molar-refractivity contribution is 5.46. The van der Waals surface area contributed by atoms with Crippen LogP contribution in [0.3, 0.4) is 0 Å². The molecule has 130 valence electrons. The van der Waals surface area contributed by atoms with Gasteiger partial charge in [0, 0.05) is 37.3 Å². The Bertz CT molecular complexity index is 909. The highest BCUT2D eigenvalue weighted by atomic mass is 15.2. The van der Waals surface area contributed by atoms with Crippen LogP contribution in [0.2, 0.25) is 0 Å². The number of pyridine rings is 1. The van der Waals surface area contributed by atoms with Crippen LogP contribution in [0.1, 0.15) is 41.1 Å². The Kier molecular flexibility index (Phi) is 4.65. The molecule has 2 aromatic heterocycles. The lowest BCUT2D eigenvalue weighted by atomic mass is 9.91. The van der Waals surface area contributed by atoms with Crippen molar-refractivity contribution in [1.82, 2.24) is 15.2 Å². The van der Waals surface area contributed by atoms with E-state index in [9.17, 15) is 0 Å². The number of rotatable bonds is 4. The SMILES string of the molecule is N#Cc1ccnc(N2CCC[C@@H](c3[nH]ncc3Cc3ccccc3)C2)c1. The van der Waals surface area contributed by atoms with Crippen LogP contribution in [0.25, 0.3) is 0 Å². The first-order valence-electron chi connectivity index (χ1n) is 9.00. The number of aromatic amines is 1. The first-order valence-corrected chi connectivity index (χ1v) is 9.00. The van der Waals surface area contributed by atoms with Crippen molar-refractivity contribution >= 4 is 5.82 Å². The lowest BCUT2D eigenvalue weighted by Gasteiger charge is -2.33. The molecule has 0 unspecified atom stereocenters. The van der Waals surface area contributed by atoms with Gasteiger partial charge in [0.25, 0.3) is 0 Å². The number of nitriles is 1. The van der Waals surface area contributed by atoms with E-state index in [4.69, 9.17) is 5.26 Å². The van der Waals surface area contributed by atoms with Crippen LogP contribution < -0.4 is 4.90 Å². The molecule has 1 aliphatic heterocycles. The molecule has 3 aromatic rings. The molecule has 5 nitrogen and oxygen atoms in total. The van der Waals surface area contributed by atoms with Crippen LogP contribution in [0, 0.1) is 11.3 Å². The summed E-state index contributed by atoms with van der Waals surface area (Å²) in [7, 11) is 0. The van der Waals surface area contributed by atoms with Crippen LogP contribution in [0.15, 0.2) is 54.9 Å². The Morgan fingerprint density at radius 3 is 2.96 bits per heavy atom. The van der Waals surface area contributed by atoms with E-state index in [1.165, 1.54) is 16.8 Å². The van der Waals surface area contributed by atoms with Gasteiger partial charge in [0.15, 0.2) is 0 Å². The Hall–Kier alpha value is -3.13. The number of H-pyrrole nitrogens is 1. The lowest BCUT2D eigenvalue weighted by Crippen LogP contribution is -2.35. The molecule has 1 atom stereocenters. The van der Waals surface area contributed by atoms with E-state index in [2.05, 4.69) is 50.4 Å². The van der Waals surface area contributed by atoms with Crippen LogP contribution in [-0.2, 0) is 6.42 Å². The molecule has 1 N–H and O–H groups in total. The van der Waals surface area contributed by atoms with Gasteiger partial charge in [0.1, 0.15) is 5.82 Å². The minimum absolute atomic E-state index is 0.400. The molecular weight excluding hydrogens is 322 g/mol. The molecule has 0 spiro atoms. The molecule has 0 radical (unpaired) electrons. The summed E-state index contributed by atoms with van der Waals surface area (Å²) < 4.78 is 0. The van der Waals surface area contributed by atoms with Crippen molar-refractivity contribution in [3.8, 4) is 6.07 Å². The molecular formula is C21H21N5. The molecule has 0 amide bonds. The molecule has 1 saturated heterocycles. The van der Waals surface area contributed by atoms with E-state index < -0.39 is 0 Å². The highest BCUT2D eigenvalue weighted by Crippen LogP contribution is 2.31. The first kappa shape index (κ1) is 16.3. The van der Waals surface area contributed by atoms with E-state index in [0.29, 0.717) is 11.5 Å². The van der Waals surface area contributed by atoms with Crippen molar-refractivity contribution in [3.05, 3.63) is 77.2 Å². The van der Waals surface area contributed by atoms with Crippen LogP contribution >= 0.6 is 0 Å². The van der Waals surface area contributed by atoms with Gasteiger partial charge in [-0.1, -0.05) is 30.3 Å².